The quantitative estimate of drug-likeness (QED) is 0.451. The molecule has 3 rings (SSSR count). The number of aromatic carboxylic acids is 1. The van der Waals surface area contributed by atoms with Gasteiger partial charge in [0.1, 0.15) is 17.1 Å². The zero-order valence-electron chi connectivity index (χ0n) is 22.1. The highest BCUT2D eigenvalue weighted by Gasteiger charge is 2.35. The second-order valence-electron chi connectivity index (χ2n) is 9.65. The lowest BCUT2D eigenvalue weighted by Gasteiger charge is -2.43. The number of esters is 1. The van der Waals surface area contributed by atoms with Crippen molar-refractivity contribution in [2.45, 2.75) is 52.1 Å². The van der Waals surface area contributed by atoms with Crippen LogP contribution in [0.15, 0.2) is 36.4 Å². The number of hydrogen-bond donors (Lipinski definition) is 2. The van der Waals surface area contributed by atoms with Gasteiger partial charge in [0.15, 0.2) is 6.61 Å². The van der Waals surface area contributed by atoms with E-state index in [1.807, 2.05) is 17.9 Å². The van der Waals surface area contributed by atoms with Gasteiger partial charge in [-0.3, -0.25) is 4.79 Å². The Bertz CT molecular complexity index is 1130. The Morgan fingerprint density at radius 3 is 2.54 bits per heavy atom. The molecule has 0 bridgehead atoms. The van der Waals surface area contributed by atoms with Crippen molar-refractivity contribution < 1.29 is 33.7 Å². The first-order valence-electron chi connectivity index (χ1n) is 12.4. The van der Waals surface area contributed by atoms with Gasteiger partial charge in [-0.25, -0.2) is 9.59 Å². The molecule has 200 valence electrons. The number of carbonyl (C=O) groups is 3. The van der Waals surface area contributed by atoms with Gasteiger partial charge in [0.25, 0.3) is 5.91 Å². The number of likely N-dealkylation sites (tertiary alicyclic amines) is 1. The van der Waals surface area contributed by atoms with Gasteiger partial charge in [-0.05, 0) is 61.9 Å². The zero-order chi connectivity index (χ0) is 27.1. The number of piperidine rings is 1. The molecule has 0 saturated carbocycles. The number of nitrogens with one attached hydrogen (secondary N) is 1. The summed E-state index contributed by atoms with van der Waals surface area (Å²) in [5.74, 6) is -0.897. The summed E-state index contributed by atoms with van der Waals surface area (Å²) in [5, 5.41) is 13.1. The molecule has 2 aromatic rings. The minimum Gasteiger partial charge on any atom is -0.497 e. The molecule has 2 N–H and O–H groups in total. The van der Waals surface area contributed by atoms with Crippen LogP contribution in [0.3, 0.4) is 0 Å². The number of aryl methyl sites for hydroxylation is 1. The van der Waals surface area contributed by atoms with Crippen LogP contribution in [0.5, 0.6) is 11.5 Å². The van der Waals surface area contributed by atoms with E-state index in [2.05, 4.69) is 19.2 Å². The molecule has 1 aliphatic heterocycles. The van der Waals surface area contributed by atoms with Gasteiger partial charge in [-0.1, -0.05) is 19.9 Å². The number of ether oxygens (including phenoxy) is 3. The summed E-state index contributed by atoms with van der Waals surface area (Å²) >= 11 is 0. The van der Waals surface area contributed by atoms with Crippen molar-refractivity contribution in [2.75, 3.05) is 32.7 Å². The van der Waals surface area contributed by atoms with Gasteiger partial charge in [-0.2, -0.15) is 0 Å². The number of rotatable bonds is 10. The largest absolute Gasteiger partial charge is 0.497 e. The number of benzene rings is 2. The fourth-order valence-corrected chi connectivity index (χ4v) is 4.68. The van der Waals surface area contributed by atoms with Crippen molar-refractivity contribution in [3.63, 3.8) is 0 Å². The summed E-state index contributed by atoms with van der Waals surface area (Å²) in [4.78, 5) is 38.9. The molecule has 9 heteroatoms. The standard InChI is InChI=1S/C28H36N2O7/c1-17(2)13-24-22(29-23-14-19(28(34)36-5)9-8-18(23)3)7-6-12-30(24)26(31)16-37-25-15-20(35-4)10-11-21(25)27(32)33/h8-11,14-15,17,22,24,29H,6-7,12-13,16H2,1-5H3,(H,32,33)/t22-,24-/m0/s1. The van der Waals surface area contributed by atoms with E-state index in [4.69, 9.17) is 14.2 Å². The normalized spacial score (nSPS) is 17.3. The van der Waals surface area contributed by atoms with E-state index < -0.39 is 11.9 Å². The summed E-state index contributed by atoms with van der Waals surface area (Å²) < 4.78 is 15.8. The maximum Gasteiger partial charge on any atom is 0.339 e. The summed E-state index contributed by atoms with van der Waals surface area (Å²) in [6.45, 7) is 6.50. The third-order valence-electron chi connectivity index (χ3n) is 6.58. The molecular formula is C28H36N2O7. The molecule has 0 unspecified atom stereocenters. The molecule has 0 radical (unpaired) electrons. The van der Waals surface area contributed by atoms with Crippen molar-refractivity contribution in [3.8, 4) is 11.5 Å². The number of amides is 1. The number of carbonyl (C=O) groups excluding carboxylic acids is 2. The molecule has 1 amide bonds. The van der Waals surface area contributed by atoms with Crippen molar-refractivity contribution in [3.05, 3.63) is 53.1 Å². The first kappa shape index (κ1) is 27.8. The Morgan fingerprint density at radius 1 is 1.14 bits per heavy atom. The lowest BCUT2D eigenvalue weighted by Crippen LogP contribution is -2.55. The van der Waals surface area contributed by atoms with E-state index in [1.165, 1.54) is 32.4 Å². The molecule has 1 fully saturated rings. The van der Waals surface area contributed by atoms with Gasteiger partial charge < -0.3 is 29.5 Å². The van der Waals surface area contributed by atoms with Crippen LogP contribution < -0.4 is 14.8 Å². The Labute approximate surface area is 217 Å². The van der Waals surface area contributed by atoms with E-state index in [-0.39, 0.29) is 35.9 Å². The summed E-state index contributed by atoms with van der Waals surface area (Å²) in [6.07, 6.45) is 2.44. The van der Waals surface area contributed by atoms with Gasteiger partial charge in [0.05, 0.1) is 25.8 Å². The highest BCUT2D eigenvalue weighted by atomic mass is 16.5. The smallest absolute Gasteiger partial charge is 0.339 e. The van der Waals surface area contributed by atoms with Crippen LogP contribution in [0.1, 0.15) is 59.4 Å². The number of nitrogens with zero attached hydrogens (tertiary/aromatic N) is 1. The SMILES string of the molecule is COC(=O)c1ccc(C)c(N[C@H]2CCCN(C(=O)COc3cc(OC)ccc3C(=O)O)[C@H]2CC(C)C)c1. The van der Waals surface area contributed by atoms with Gasteiger partial charge in [0, 0.05) is 24.3 Å². The molecule has 9 nitrogen and oxygen atoms in total. The molecule has 0 aromatic heterocycles. The van der Waals surface area contributed by atoms with Gasteiger partial charge in [0.2, 0.25) is 0 Å². The van der Waals surface area contributed by atoms with Crippen molar-refractivity contribution in [2.24, 2.45) is 5.92 Å². The van der Waals surface area contributed by atoms with Crippen molar-refractivity contribution in [1.82, 2.24) is 4.90 Å². The van der Waals surface area contributed by atoms with Gasteiger partial charge in [-0.15, -0.1) is 0 Å². The zero-order valence-corrected chi connectivity index (χ0v) is 22.1. The fraction of sp³-hybridized carbons (Fsp3) is 0.464. The number of hydrogen-bond acceptors (Lipinski definition) is 7. The molecule has 0 spiro atoms. The highest BCUT2D eigenvalue weighted by Crippen LogP contribution is 2.29. The third-order valence-corrected chi connectivity index (χ3v) is 6.58. The lowest BCUT2D eigenvalue weighted by molar-refractivity contribution is -0.137. The van der Waals surface area contributed by atoms with Gasteiger partial charge >= 0.3 is 11.9 Å². The Morgan fingerprint density at radius 2 is 1.89 bits per heavy atom. The van der Waals surface area contributed by atoms with Crippen LogP contribution >= 0.6 is 0 Å². The van der Waals surface area contributed by atoms with E-state index in [0.29, 0.717) is 23.8 Å². The second-order valence-corrected chi connectivity index (χ2v) is 9.65. The van der Waals surface area contributed by atoms with E-state index in [9.17, 15) is 19.5 Å². The average molecular weight is 513 g/mol. The minimum absolute atomic E-state index is 0.0295. The average Bonchev–Trinajstić information content (AvgIpc) is 2.88. The number of anilines is 1. The Balaban J connectivity index is 1.80. The predicted molar refractivity (Wildman–Crippen MR) is 140 cm³/mol. The number of carboxylic acid groups (broad SMARTS) is 1. The van der Waals surface area contributed by atoms with Crippen molar-refractivity contribution >= 4 is 23.5 Å². The molecule has 1 heterocycles. The molecule has 1 saturated heterocycles. The Hall–Kier alpha value is -3.75. The monoisotopic (exact) mass is 512 g/mol. The molecule has 0 aliphatic carbocycles. The maximum absolute atomic E-state index is 13.4. The van der Waals surface area contributed by atoms with Crippen molar-refractivity contribution in [1.29, 1.82) is 0 Å². The summed E-state index contributed by atoms with van der Waals surface area (Å²) in [6, 6.07) is 9.67. The van der Waals surface area contributed by atoms with Crippen LogP contribution in [0.2, 0.25) is 0 Å². The van der Waals surface area contributed by atoms with Crippen LogP contribution in [0, 0.1) is 12.8 Å². The lowest BCUT2D eigenvalue weighted by atomic mass is 9.89. The minimum atomic E-state index is -1.14. The number of methoxy groups -OCH3 is 2. The summed E-state index contributed by atoms with van der Waals surface area (Å²) in [7, 11) is 2.83. The van der Waals surface area contributed by atoms with E-state index >= 15 is 0 Å². The second kappa shape index (κ2) is 12.5. The van der Waals surface area contributed by atoms with E-state index in [1.54, 1.807) is 12.1 Å². The topological polar surface area (TPSA) is 114 Å². The first-order chi connectivity index (χ1) is 17.6. The third kappa shape index (κ3) is 6.93. The number of carboxylic acids is 1. The summed E-state index contributed by atoms with van der Waals surface area (Å²) in [5.41, 5.74) is 2.24. The molecule has 37 heavy (non-hydrogen) atoms. The molecule has 1 aliphatic rings. The predicted octanol–water partition coefficient (Wildman–Crippen LogP) is 4.39. The van der Waals surface area contributed by atoms with Crippen LogP contribution in [0.4, 0.5) is 5.69 Å². The van der Waals surface area contributed by atoms with Crippen LogP contribution in [-0.2, 0) is 9.53 Å². The Kier molecular flexibility index (Phi) is 9.38. The van der Waals surface area contributed by atoms with Crippen LogP contribution in [-0.4, -0.2) is 67.3 Å². The fourth-order valence-electron chi connectivity index (χ4n) is 4.68. The molecule has 2 aromatic carbocycles. The first-order valence-corrected chi connectivity index (χ1v) is 12.4. The molecule has 2 atom stereocenters. The van der Waals surface area contributed by atoms with E-state index in [0.717, 1.165) is 30.5 Å². The molecular weight excluding hydrogens is 476 g/mol. The highest BCUT2D eigenvalue weighted by molar-refractivity contribution is 5.91. The maximum atomic E-state index is 13.4. The van der Waals surface area contributed by atoms with Crippen LogP contribution in [0.25, 0.3) is 0 Å².